The number of benzene rings is 1. The third-order valence-corrected chi connectivity index (χ3v) is 3.91. The standard InChI is InChI=1S/C14H13NO2S/c16-13-11-3-1-2-4-12(11)14(17)15(13)9-5-7-10(18)8-6-9/h1-2,5-8,11-12,18H,3-4H2/t11-,12-/m1/s1. The van der Waals surface area contributed by atoms with Crippen LogP contribution in [0.25, 0.3) is 0 Å². The quantitative estimate of drug-likeness (QED) is 0.478. The predicted molar refractivity (Wildman–Crippen MR) is 71.5 cm³/mol. The zero-order valence-electron chi connectivity index (χ0n) is 9.74. The van der Waals surface area contributed by atoms with Gasteiger partial charge in [0.1, 0.15) is 0 Å². The van der Waals surface area contributed by atoms with Crippen molar-refractivity contribution in [2.75, 3.05) is 4.90 Å². The summed E-state index contributed by atoms with van der Waals surface area (Å²) >= 11 is 4.20. The smallest absolute Gasteiger partial charge is 0.238 e. The van der Waals surface area contributed by atoms with Crippen LogP contribution in [0.5, 0.6) is 0 Å². The van der Waals surface area contributed by atoms with E-state index in [-0.39, 0.29) is 23.7 Å². The lowest BCUT2D eigenvalue weighted by Gasteiger charge is -2.14. The Morgan fingerprint density at radius 3 is 1.94 bits per heavy atom. The Hall–Kier alpha value is -1.55. The van der Waals surface area contributed by atoms with Crippen LogP contribution < -0.4 is 4.90 Å². The number of carbonyl (C=O) groups is 2. The van der Waals surface area contributed by atoms with Crippen molar-refractivity contribution in [2.24, 2.45) is 11.8 Å². The van der Waals surface area contributed by atoms with E-state index in [4.69, 9.17) is 0 Å². The van der Waals surface area contributed by atoms with Crippen molar-refractivity contribution in [3.63, 3.8) is 0 Å². The first-order valence-corrected chi connectivity index (χ1v) is 6.45. The van der Waals surface area contributed by atoms with Gasteiger partial charge in [0.25, 0.3) is 0 Å². The fourth-order valence-electron chi connectivity index (χ4n) is 2.66. The van der Waals surface area contributed by atoms with E-state index in [0.29, 0.717) is 18.5 Å². The van der Waals surface area contributed by atoms with Crippen LogP contribution in [0, 0.1) is 11.8 Å². The van der Waals surface area contributed by atoms with Crippen LogP contribution in [0.1, 0.15) is 12.8 Å². The number of imide groups is 1. The summed E-state index contributed by atoms with van der Waals surface area (Å²) in [6.07, 6.45) is 5.34. The van der Waals surface area contributed by atoms with Crippen molar-refractivity contribution < 1.29 is 9.59 Å². The summed E-state index contributed by atoms with van der Waals surface area (Å²) in [6.45, 7) is 0. The number of thiol groups is 1. The van der Waals surface area contributed by atoms with Gasteiger partial charge in [0, 0.05) is 4.90 Å². The molecule has 2 aliphatic rings. The average Bonchev–Trinajstić information content (AvgIpc) is 2.64. The van der Waals surface area contributed by atoms with Crippen molar-refractivity contribution in [1.82, 2.24) is 0 Å². The summed E-state index contributed by atoms with van der Waals surface area (Å²) in [7, 11) is 0. The van der Waals surface area contributed by atoms with Crippen LogP contribution in [-0.4, -0.2) is 11.8 Å². The number of anilines is 1. The third-order valence-electron chi connectivity index (χ3n) is 3.62. The molecule has 0 aromatic heterocycles. The van der Waals surface area contributed by atoms with E-state index in [1.165, 1.54) is 4.90 Å². The van der Waals surface area contributed by atoms with Gasteiger partial charge in [-0.15, -0.1) is 12.6 Å². The molecule has 0 bridgehead atoms. The van der Waals surface area contributed by atoms with Crippen molar-refractivity contribution in [3.05, 3.63) is 36.4 Å². The highest BCUT2D eigenvalue weighted by Gasteiger charge is 2.47. The Bertz CT molecular complexity index is 509. The molecule has 1 saturated heterocycles. The van der Waals surface area contributed by atoms with Gasteiger partial charge in [0.05, 0.1) is 17.5 Å². The molecule has 0 spiro atoms. The average molecular weight is 259 g/mol. The van der Waals surface area contributed by atoms with E-state index in [9.17, 15) is 9.59 Å². The summed E-state index contributed by atoms with van der Waals surface area (Å²) < 4.78 is 0. The monoisotopic (exact) mass is 259 g/mol. The number of fused-ring (bicyclic) bond motifs is 1. The Morgan fingerprint density at radius 1 is 0.944 bits per heavy atom. The first kappa shape index (κ1) is 11.5. The molecule has 0 radical (unpaired) electrons. The molecule has 92 valence electrons. The van der Waals surface area contributed by atoms with Crippen LogP contribution in [0.4, 0.5) is 5.69 Å². The first-order chi connectivity index (χ1) is 8.68. The lowest BCUT2D eigenvalue weighted by Crippen LogP contribution is -2.30. The van der Waals surface area contributed by atoms with Gasteiger partial charge in [-0.05, 0) is 37.1 Å². The van der Waals surface area contributed by atoms with Crippen molar-refractivity contribution in [2.45, 2.75) is 17.7 Å². The molecule has 1 aromatic rings. The third kappa shape index (κ3) is 1.68. The van der Waals surface area contributed by atoms with E-state index >= 15 is 0 Å². The molecular weight excluding hydrogens is 246 g/mol. The zero-order valence-corrected chi connectivity index (χ0v) is 10.6. The van der Waals surface area contributed by atoms with Crippen LogP contribution >= 0.6 is 12.6 Å². The van der Waals surface area contributed by atoms with E-state index in [2.05, 4.69) is 12.6 Å². The van der Waals surface area contributed by atoms with Gasteiger partial charge in [-0.25, -0.2) is 0 Å². The molecular formula is C14H13NO2S. The molecule has 1 fully saturated rings. The van der Waals surface area contributed by atoms with Crippen molar-refractivity contribution in [3.8, 4) is 0 Å². The van der Waals surface area contributed by atoms with Gasteiger partial charge in [0.2, 0.25) is 11.8 Å². The van der Waals surface area contributed by atoms with Gasteiger partial charge < -0.3 is 0 Å². The topological polar surface area (TPSA) is 37.4 Å². The van der Waals surface area contributed by atoms with Gasteiger partial charge in [-0.2, -0.15) is 0 Å². The molecule has 2 amide bonds. The van der Waals surface area contributed by atoms with Crippen molar-refractivity contribution in [1.29, 1.82) is 0 Å². The van der Waals surface area contributed by atoms with Crippen LogP contribution in [0.2, 0.25) is 0 Å². The van der Waals surface area contributed by atoms with Gasteiger partial charge >= 0.3 is 0 Å². The Kier molecular flexibility index (Phi) is 2.74. The highest BCUT2D eigenvalue weighted by Crippen LogP contribution is 2.37. The Morgan fingerprint density at radius 2 is 1.44 bits per heavy atom. The van der Waals surface area contributed by atoms with E-state index < -0.39 is 0 Å². The summed E-state index contributed by atoms with van der Waals surface area (Å²) in [5.41, 5.74) is 0.650. The van der Waals surface area contributed by atoms with Gasteiger partial charge in [0.15, 0.2) is 0 Å². The van der Waals surface area contributed by atoms with E-state index in [0.717, 1.165) is 4.90 Å². The first-order valence-electron chi connectivity index (χ1n) is 6.00. The SMILES string of the molecule is O=C1[C@@H]2CC=CC[C@H]2C(=O)N1c1ccc(S)cc1. The van der Waals surface area contributed by atoms with E-state index in [1.54, 1.807) is 24.3 Å². The summed E-state index contributed by atoms with van der Waals surface area (Å²) in [6, 6.07) is 7.12. The van der Waals surface area contributed by atoms with Gasteiger partial charge in [-0.1, -0.05) is 12.2 Å². The highest BCUT2D eigenvalue weighted by molar-refractivity contribution is 7.80. The van der Waals surface area contributed by atoms with Crippen LogP contribution in [0.15, 0.2) is 41.3 Å². The van der Waals surface area contributed by atoms with Crippen LogP contribution in [0.3, 0.4) is 0 Å². The minimum Gasteiger partial charge on any atom is -0.274 e. The fourth-order valence-corrected chi connectivity index (χ4v) is 2.81. The number of carbonyl (C=O) groups excluding carboxylic acids is 2. The zero-order chi connectivity index (χ0) is 12.7. The lowest BCUT2D eigenvalue weighted by molar-refractivity contribution is -0.122. The lowest BCUT2D eigenvalue weighted by atomic mass is 9.85. The normalized spacial score (nSPS) is 26.6. The summed E-state index contributed by atoms with van der Waals surface area (Å²) in [5.74, 6) is -0.473. The molecule has 4 heteroatoms. The summed E-state index contributed by atoms with van der Waals surface area (Å²) in [4.78, 5) is 26.7. The number of rotatable bonds is 1. The number of hydrogen-bond donors (Lipinski definition) is 1. The van der Waals surface area contributed by atoms with Crippen molar-refractivity contribution >= 4 is 30.1 Å². The maximum Gasteiger partial charge on any atom is 0.238 e. The highest BCUT2D eigenvalue weighted by atomic mass is 32.1. The number of nitrogens with zero attached hydrogens (tertiary/aromatic N) is 1. The Labute approximate surface area is 111 Å². The molecule has 18 heavy (non-hydrogen) atoms. The molecule has 1 heterocycles. The second-order valence-corrected chi connectivity index (χ2v) is 5.20. The maximum absolute atomic E-state index is 12.3. The number of allylic oxidation sites excluding steroid dienone is 2. The molecule has 3 nitrogen and oxygen atoms in total. The number of hydrogen-bond acceptors (Lipinski definition) is 3. The maximum atomic E-state index is 12.3. The predicted octanol–water partition coefficient (Wildman–Crippen LogP) is 2.43. The second kappa shape index (κ2) is 4.28. The van der Waals surface area contributed by atoms with E-state index in [1.807, 2.05) is 12.2 Å². The molecule has 1 aromatic carbocycles. The Balaban J connectivity index is 1.96. The molecule has 0 N–H and O–H groups in total. The summed E-state index contributed by atoms with van der Waals surface area (Å²) in [5, 5.41) is 0. The van der Waals surface area contributed by atoms with Crippen LogP contribution in [-0.2, 0) is 9.59 Å². The molecule has 0 saturated carbocycles. The molecule has 3 rings (SSSR count). The van der Waals surface area contributed by atoms with Gasteiger partial charge in [-0.3, -0.25) is 14.5 Å². The second-order valence-electron chi connectivity index (χ2n) is 4.68. The largest absolute Gasteiger partial charge is 0.274 e. The molecule has 2 atom stereocenters. The fraction of sp³-hybridized carbons (Fsp3) is 0.286. The minimum absolute atomic E-state index is 0.0683. The minimum atomic E-state index is -0.168. The number of amides is 2. The molecule has 1 aliphatic carbocycles. The molecule has 0 unspecified atom stereocenters. The molecule has 1 aliphatic heterocycles.